The Morgan fingerprint density at radius 3 is 1.16 bits per heavy atom. The zero-order chi connectivity index (χ0) is 42.9. The van der Waals surface area contributed by atoms with Crippen molar-refractivity contribution in [2.75, 3.05) is 65.4 Å². The molecule has 0 aliphatic carbocycles. The number of carbonyl (C=O) groups excluding carboxylic acids is 5. The third kappa shape index (κ3) is 17.5. The number of azo groups is 1. The average Bonchev–Trinajstić information content (AvgIpc) is 3.25. The highest BCUT2D eigenvalue weighted by atomic mass is 16.6. The molecule has 2 aromatic carbocycles. The summed E-state index contributed by atoms with van der Waals surface area (Å²) in [5.41, 5.74) is 2.42. The Hall–Kier alpha value is -5.21. The largest absolute Gasteiger partial charge is 0.341 e. The highest BCUT2D eigenvalue weighted by Crippen LogP contribution is 2.22. The van der Waals surface area contributed by atoms with Crippen LogP contribution in [-0.4, -0.2) is 124 Å². The number of benzene rings is 2. The van der Waals surface area contributed by atoms with E-state index in [0.29, 0.717) is 109 Å². The van der Waals surface area contributed by atoms with Crippen LogP contribution < -0.4 is 0 Å². The van der Waals surface area contributed by atoms with Gasteiger partial charge >= 0.3 is 0 Å². The molecule has 2 aromatic rings. The molecule has 0 bridgehead atoms. The second kappa shape index (κ2) is 27.4. The van der Waals surface area contributed by atoms with Crippen LogP contribution in [0.4, 0.5) is 17.1 Å². The van der Waals surface area contributed by atoms with Crippen molar-refractivity contribution in [3.05, 3.63) is 64.2 Å². The third-order valence-corrected chi connectivity index (χ3v) is 10.1. The summed E-state index contributed by atoms with van der Waals surface area (Å²) in [5, 5.41) is 19.2. The molecule has 0 saturated carbocycles. The molecule has 0 fully saturated rings. The van der Waals surface area contributed by atoms with Crippen LogP contribution in [0, 0.1) is 10.1 Å². The Kier molecular flexibility index (Phi) is 23.1. The summed E-state index contributed by atoms with van der Waals surface area (Å²) in [7, 11) is 0. The van der Waals surface area contributed by atoms with Crippen molar-refractivity contribution in [2.24, 2.45) is 10.2 Å². The number of carbonyl (C=O) groups is 5. The van der Waals surface area contributed by atoms with Crippen molar-refractivity contribution in [1.82, 2.24) is 24.5 Å². The molecule has 2 rings (SSSR count). The van der Waals surface area contributed by atoms with Crippen LogP contribution in [0.5, 0.6) is 0 Å². The minimum absolute atomic E-state index is 0.00528. The number of nitro benzene ring substituents is 1. The smallest absolute Gasteiger partial charge is 0.269 e. The lowest BCUT2D eigenvalue weighted by atomic mass is 10.1. The summed E-state index contributed by atoms with van der Waals surface area (Å²) in [6, 6.07) is 13.7. The normalized spacial score (nSPS) is 11.0. The summed E-state index contributed by atoms with van der Waals surface area (Å²) in [6.07, 6.45) is 6.43. The summed E-state index contributed by atoms with van der Waals surface area (Å²) in [4.78, 5) is 83.2. The first-order chi connectivity index (χ1) is 27.9. The van der Waals surface area contributed by atoms with Crippen LogP contribution in [-0.2, 0) is 30.4 Å². The van der Waals surface area contributed by atoms with Gasteiger partial charge in [0.05, 0.1) is 16.3 Å². The summed E-state index contributed by atoms with van der Waals surface area (Å²) in [5.74, 6) is -0.0675. The van der Waals surface area contributed by atoms with Gasteiger partial charge in [0.1, 0.15) is 0 Å². The van der Waals surface area contributed by atoms with Gasteiger partial charge in [-0.3, -0.25) is 34.1 Å². The molecule has 0 spiro atoms. The van der Waals surface area contributed by atoms with Crippen LogP contribution in [0.15, 0.2) is 58.8 Å². The molecular formula is C43H66N8O7. The van der Waals surface area contributed by atoms with Gasteiger partial charge in [0, 0.05) is 110 Å². The van der Waals surface area contributed by atoms with Crippen LogP contribution in [0.2, 0.25) is 0 Å². The van der Waals surface area contributed by atoms with Gasteiger partial charge < -0.3 is 24.5 Å². The monoisotopic (exact) mass is 807 g/mol. The molecule has 0 heterocycles. The maximum atomic E-state index is 13.1. The predicted octanol–water partition coefficient (Wildman–Crippen LogP) is 7.33. The van der Waals surface area contributed by atoms with Crippen molar-refractivity contribution in [1.29, 1.82) is 0 Å². The van der Waals surface area contributed by atoms with Crippen LogP contribution >= 0.6 is 0 Å². The van der Waals surface area contributed by atoms with E-state index >= 15 is 0 Å². The van der Waals surface area contributed by atoms with Gasteiger partial charge in [-0.1, -0.05) is 59.6 Å². The first-order valence-corrected chi connectivity index (χ1v) is 21.0. The number of non-ortho nitro benzene ring substituents is 1. The molecule has 15 nitrogen and oxygen atoms in total. The first kappa shape index (κ1) is 48.9. The molecule has 320 valence electrons. The van der Waals surface area contributed by atoms with Crippen LogP contribution in [0.1, 0.15) is 105 Å². The minimum atomic E-state index is -0.454. The Morgan fingerprint density at radius 2 is 0.793 bits per heavy atom. The predicted molar refractivity (Wildman–Crippen MR) is 226 cm³/mol. The number of nitro groups is 1. The minimum Gasteiger partial charge on any atom is -0.341 e. The van der Waals surface area contributed by atoms with Gasteiger partial charge in [-0.15, -0.1) is 0 Å². The molecule has 0 radical (unpaired) electrons. The summed E-state index contributed by atoms with van der Waals surface area (Å²) in [6.45, 7) is 15.1. The summed E-state index contributed by atoms with van der Waals surface area (Å²) >= 11 is 0. The van der Waals surface area contributed by atoms with E-state index in [1.54, 1.807) is 52.5 Å². The Morgan fingerprint density at radius 1 is 0.466 bits per heavy atom. The number of nitrogens with zero attached hydrogens (tertiary/aromatic N) is 8. The fraction of sp³-hybridized carbons (Fsp3) is 0.605. The topological polar surface area (TPSA) is 169 Å². The molecule has 15 heteroatoms. The zero-order valence-corrected chi connectivity index (χ0v) is 35.7. The SMILES string of the molecule is CCC(=O)N(CC)CCN(CCN(CCN(CCN(CCCCCCc1ccc(N=Nc2ccc([N+](=O)[O-])cc2)cc1)C(=O)CC)C(=O)CC)C(=O)CC)C(=O)CC. The molecule has 5 amide bonds. The van der Waals surface area contributed by atoms with Crippen molar-refractivity contribution in [2.45, 2.75) is 106 Å². The second-order valence-electron chi connectivity index (χ2n) is 14.1. The molecule has 0 aromatic heterocycles. The maximum absolute atomic E-state index is 13.1. The molecule has 58 heavy (non-hydrogen) atoms. The van der Waals surface area contributed by atoms with E-state index in [9.17, 15) is 34.1 Å². The number of hydrogen-bond donors (Lipinski definition) is 0. The van der Waals surface area contributed by atoms with Crippen molar-refractivity contribution in [3.63, 3.8) is 0 Å². The van der Waals surface area contributed by atoms with Crippen molar-refractivity contribution in [3.8, 4) is 0 Å². The lowest BCUT2D eigenvalue weighted by Crippen LogP contribution is -2.47. The summed E-state index contributed by atoms with van der Waals surface area (Å²) < 4.78 is 0. The molecule has 0 N–H and O–H groups in total. The number of aryl methyl sites for hydroxylation is 1. The zero-order valence-electron chi connectivity index (χ0n) is 35.7. The van der Waals surface area contributed by atoms with Crippen LogP contribution in [0.3, 0.4) is 0 Å². The molecule has 0 unspecified atom stereocenters. The first-order valence-electron chi connectivity index (χ1n) is 21.0. The van der Waals surface area contributed by atoms with Crippen molar-refractivity contribution < 1.29 is 28.9 Å². The Labute approximate surface area is 345 Å². The number of unbranched alkanes of at least 4 members (excludes halogenated alkanes) is 3. The third-order valence-electron chi connectivity index (χ3n) is 10.1. The molecule has 0 atom stereocenters. The number of hydrogen-bond acceptors (Lipinski definition) is 9. The highest BCUT2D eigenvalue weighted by molar-refractivity contribution is 5.79. The van der Waals surface area contributed by atoms with Gasteiger partial charge in [-0.25, -0.2) is 0 Å². The van der Waals surface area contributed by atoms with E-state index in [1.165, 1.54) is 17.7 Å². The fourth-order valence-corrected chi connectivity index (χ4v) is 6.46. The second-order valence-corrected chi connectivity index (χ2v) is 14.1. The van der Waals surface area contributed by atoms with Gasteiger partial charge in [-0.2, -0.15) is 10.2 Å². The van der Waals surface area contributed by atoms with E-state index in [4.69, 9.17) is 0 Å². The van der Waals surface area contributed by atoms with Gasteiger partial charge in [0.15, 0.2) is 0 Å². The number of amides is 5. The Bertz CT molecular complexity index is 1620. The average molecular weight is 807 g/mol. The quantitative estimate of drug-likeness (QED) is 0.0375. The highest BCUT2D eigenvalue weighted by Gasteiger charge is 2.21. The standard InChI is InChI=1S/C43H66N8O7/c1-7-39(52)46(12-6)27-28-48(41(54)9-3)31-32-50(43(56)11-5)34-33-49(42(55)10-4)30-29-47(40(53)8-2)26-16-14-13-15-17-35-18-20-36(21-19-35)44-45-37-22-24-38(25-23-37)51(57)58/h18-25H,7-17,26-34H2,1-6H3. The molecule has 0 aliphatic heterocycles. The van der Waals surface area contributed by atoms with Gasteiger partial charge in [0.25, 0.3) is 5.69 Å². The van der Waals surface area contributed by atoms with Gasteiger partial charge in [-0.05, 0) is 56.0 Å². The molecule has 0 saturated heterocycles. The lowest BCUT2D eigenvalue weighted by Gasteiger charge is -2.32. The van der Waals surface area contributed by atoms with E-state index in [2.05, 4.69) is 10.2 Å². The van der Waals surface area contributed by atoms with E-state index < -0.39 is 4.92 Å². The maximum Gasteiger partial charge on any atom is 0.269 e. The number of likely N-dealkylation sites (N-methyl/N-ethyl adjacent to an activating group) is 1. The van der Waals surface area contributed by atoms with Crippen molar-refractivity contribution >= 4 is 46.6 Å². The number of rotatable bonds is 28. The Balaban J connectivity index is 1.88. The lowest BCUT2D eigenvalue weighted by molar-refractivity contribution is -0.384. The molecular weight excluding hydrogens is 741 g/mol. The van der Waals surface area contributed by atoms with Crippen LogP contribution in [0.25, 0.3) is 0 Å². The van der Waals surface area contributed by atoms with Gasteiger partial charge in [0.2, 0.25) is 29.5 Å². The van der Waals surface area contributed by atoms with E-state index in [0.717, 1.165) is 32.1 Å². The van der Waals surface area contributed by atoms with E-state index in [-0.39, 0.29) is 35.2 Å². The van der Waals surface area contributed by atoms with E-state index in [1.807, 2.05) is 49.9 Å². The molecule has 0 aliphatic rings. The fourth-order valence-electron chi connectivity index (χ4n) is 6.46.